The molecule has 11 nitrogen and oxygen atoms in total. The van der Waals surface area contributed by atoms with Gasteiger partial charge in [-0.1, -0.05) is 6.85 Å². The summed E-state index contributed by atoms with van der Waals surface area (Å²) in [5.41, 5.74) is 1.12. The molecule has 1 saturated heterocycles. The molecule has 2 fully saturated rings. The highest BCUT2D eigenvalue weighted by molar-refractivity contribution is 6.01. The van der Waals surface area contributed by atoms with Crippen molar-refractivity contribution in [1.82, 2.24) is 29.8 Å². The van der Waals surface area contributed by atoms with Gasteiger partial charge in [-0.25, -0.2) is 18.9 Å². The number of nitrogens with one attached hydrogen (secondary N) is 2. The predicted molar refractivity (Wildman–Crippen MR) is 132 cm³/mol. The van der Waals surface area contributed by atoms with Crippen LogP contribution in [-0.2, 0) is 9.53 Å². The van der Waals surface area contributed by atoms with Crippen LogP contribution in [0.2, 0.25) is 0 Å². The first-order valence-corrected chi connectivity index (χ1v) is 11.5. The van der Waals surface area contributed by atoms with Crippen LogP contribution in [0.1, 0.15) is 28.3 Å². The summed E-state index contributed by atoms with van der Waals surface area (Å²) in [5.74, 6) is -2.18. The summed E-state index contributed by atoms with van der Waals surface area (Å²) in [6, 6.07) is 2.88. The van der Waals surface area contributed by atoms with Crippen LogP contribution >= 0.6 is 0 Å². The standard InChI is InChI=1S/C24H26FN9O2/c1-3-26-22-20-16(10-19(30-31-20)28-24(35)15-8-13(15)2)17(11-27-22)21-29-23-18(25)9-14(12-34(23)32-21)33-4-6-36-7-5-33/h9-13,15H,3-8H2,1-2H3,(H,26,27)(H,28,30,35)/t13-,15+/m1/s1/i1D3,2D3. The molecule has 2 atom stereocenters. The average molecular weight is 498 g/mol. The second kappa shape index (κ2) is 8.94. The van der Waals surface area contributed by atoms with Gasteiger partial charge in [0.15, 0.2) is 28.9 Å². The van der Waals surface area contributed by atoms with Crippen LogP contribution in [0.3, 0.4) is 0 Å². The number of aromatic nitrogens is 6. The number of rotatable bonds is 6. The number of hydrogen-bond acceptors (Lipinski definition) is 9. The number of anilines is 3. The largest absolute Gasteiger partial charge is 0.378 e. The van der Waals surface area contributed by atoms with Crippen LogP contribution < -0.4 is 15.5 Å². The Morgan fingerprint density at radius 3 is 3.00 bits per heavy atom. The Morgan fingerprint density at radius 1 is 1.31 bits per heavy atom. The number of carbonyl (C=O) groups excluding carboxylic acids is 1. The summed E-state index contributed by atoms with van der Waals surface area (Å²) in [6.45, 7) is -2.66. The van der Waals surface area contributed by atoms with E-state index in [1.165, 1.54) is 22.8 Å². The van der Waals surface area contributed by atoms with Crippen LogP contribution in [0.4, 0.5) is 21.7 Å². The molecule has 2 aliphatic rings. The highest BCUT2D eigenvalue weighted by Crippen LogP contribution is 2.38. The number of ether oxygens (including phenoxy) is 1. The van der Waals surface area contributed by atoms with E-state index in [2.05, 4.69) is 35.9 Å². The SMILES string of the molecule is [2H]C([2H])([2H])CNc1ncc(-c2nc3c(F)cc(N4CCOCC4)cn3n2)c2cc(NC(=O)[C@H]3C[C@H]3C([2H])([2H])[2H])nnc12. The smallest absolute Gasteiger partial charge is 0.228 e. The van der Waals surface area contributed by atoms with Crippen molar-refractivity contribution in [3.63, 3.8) is 0 Å². The van der Waals surface area contributed by atoms with Crippen molar-refractivity contribution >= 4 is 39.8 Å². The number of nitrogens with zero attached hydrogens (tertiary/aromatic N) is 7. The number of halogens is 1. The Bertz CT molecular complexity index is 1670. The topological polar surface area (TPSA) is 122 Å². The first-order chi connectivity index (χ1) is 19.9. The van der Waals surface area contributed by atoms with Crippen molar-refractivity contribution in [2.24, 2.45) is 11.8 Å². The molecule has 0 radical (unpaired) electrons. The van der Waals surface area contributed by atoms with Gasteiger partial charge in [0.1, 0.15) is 5.52 Å². The van der Waals surface area contributed by atoms with E-state index in [1.54, 1.807) is 6.20 Å². The number of pyridine rings is 2. The first kappa shape index (κ1) is 16.7. The zero-order valence-corrected chi connectivity index (χ0v) is 19.0. The van der Waals surface area contributed by atoms with E-state index in [4.69, 9.17) is 13.0 Å². The molecule has 36 heavy (non-hydrogen) atoms. The lowest BCUT2D eigenvalue weighted by atomic mass is 10.1. The predicted octanol–water partition coefficient (Wildman–Crippen LogP) is 2.74. The van der Waals surface area contributed by atoms with Crippen molar-refractivity contribution in [3.05, 3.63) is 30.3 Å². The molecule has 5 heterocycles. The number of fused-ring (bicyclic) bond motifs is 2. The molecule has 12 heteroatoms. The number of carbonyl (C=O) groups is 1. The molecule has 4 aromatic heterocycles. The zero-order chi connectivity index (χ0) is 29.8. The van der Waals surface area contributed by atoms with Crippen LogP contribution in [0.15, 0.2) is 24.5 Å². The molecule has 0 bridgehead atoms. The van der Waals surface area contributed by atoms with E-state index >= 15 is 4.39 Å². The summed E-state index contributed by atoms with van der Waals surface area (Å²) in [6.07, 6.45) is 3.31. The van der Waals surface area contributed by atoms with Gasteiger partial charge in [-0.2, -0.15) is 0 Å². The fourth-order valence-corrected chi connectivity index (χ4v) is 4.23. The summed E-state index contributed by atoms with van der Waals surface area (Å²) in [7, 11) is 0. The zero-order valence-electron chi connectivity index (χ0n) is 25.0. The molecule has 186 valence electrons. The van der Waals surface area contributed by atoms with Gasteiger partial charge in [-0.15, -0.1) is 15.3 Å². The average Bonchev–Trinajstić information content (AvgIpc) is 3.65. The molecule has 0 spiro atoms. The van der Waals surface area contributed by atoms with Crippen molar-refractivity contribution in [3.8, 4) is 11.4 Å². The van der Waals surface area contributed by atoms with Gasteiger partial charge in [-0.3, -0.25) is 4.79 Å². The molecule has 1 amide bonds. The molecule has 1 saturated carbocycles. The van der Waals surface area contributed by atoms with Crippen molar-refractivity contribution in [2.45, 2.75) is 20.1 Å². The third-order valence-electron chi connectivity index (χ3n) is 6.26. The Hall–Kier alpha value is -3.93. The minimum absolute atomic E-state index is 0.0141. The van der Waals surface area contributed by atoms with Gasteiger partial charge in [0.2, 0.25) is 5.91 Å². The summed E-state index contributed by atoms with van der Waals surface area (Å²) < 4.78 is 67.0. The maximum atomic E-state index is 15.2. The maximum absolute atomic E-state index is 15.2. The fraction of sp³-hybridized carbons (Fsp3) is 0.417. The summed E-state index contributed by atoms with van der Waals surface area (Å²) in [5, 5.41) is 18.4. The van der Waals surface area contributed by atoms with Crippen molar-refractivity contribution in [2.75, 3.05) is 48.4 Å². The Morgan fingerprint density at radius 2 is 2.19 bits per heavy atom. The second-order valence-electron chi connectivity index (χ2n) is 8.65. The molecule has 4 aromatic rings. The van der Waals surface area contributed by atoms with Gasteiger partial charge in [-0.05, 0) is 25.3 Å². The fourth-order valence-electron chi connectivity index (χ4n) is 4.23. The highest BCUT2D eigenvalue weighted by Gasteiger charge is 2.39. The molecule has 0 unspecified atom stereocenters. The molecule has 1 aliphatic heterocycles. The number of morpholine rings is 1. The van der Waals surface area contributed by atoms with Crippen LogP contribution in [0.5, 0.6) is 0 Å². The summed E-state index contributed by atoms with van der Waals surface area (Å²) in [4.78, 5) is 23.4. The van der Waals surface area contributed by atoms with Gasteiger partial charge in [0, 0.05) is 57.0 Å². The number of hydrogen-bond donors (Lipinski definition) is 2. The Labute approximate surface area is 214 Å². The van der Waals surface area contributed by atoms with Gasteiger partial charge in [0.25, 0.3) is 0 Å². The third kappa shape index (κ3) is 4.06. The lowest BCUT2D eigenvalue weighted by Gasteiger charge is -2.28. The maximum Gasteiger partial charge on any atom is 0.228 e. The Balaban J connectivity index is 1.38. The lowest BCUT2D eigenvalue weighted by Crippen LogP contribution is -2.36. The van der Waals surface area contributed by atoms with E-state index in [1.807, 2.05) is 4.90 Å². The summed E-state index contributed by atoms with van der Waals surface area (Å²) >= 11 is 0. The van der Waals surface area contributed by atoms with Crippen LogP contribution in [0.25, 0.3) is 27.9 Å². The van der Waals surface area contributed by atoms with Crippen molar-refractivity contribution in [1.29, 1.82) is 0 Å². The van der Waals surface area contributed by atoms with E-state index in [9.17, 15) is 4.79 Å². The van der Waals surface area contributed by atoms with Gasteiger partial charge in [0.05, 0.1) is 25.1 Å². The molecule has 2 N–H and O–H groups in total. The highest BCUT2D eigenvalue weighted by atomic mass is 19.1. The molecule has 0 aromatic carbocycles. The third-order valence-corrected chi connectivity index (χ3v) is 6.26. The monoisotopic (exact) mass is 497 g/mol. The minimum atomic E-state index is -2.30. The first-order valence-electron chi connectivity index (χ1n) is 14.5. The normalized spacial score (nSPS) is 22.8. The van der Waals surface area contributed by atoms with Gasteiger partial charge >= 0.3 is 0 Å². The second-order valence-corrected chi connectivity index (χ2v) is 8.65. The molecular weight excluding hydrogens is 465 g/mol. The number of amides is 1. The van der Waals surface area contributed by atoms with E-state index in [-0.39, 0.29) is 35.0 Å². The Kier molecular flexibility index (Phi) is 4.14. The minimum Gasteiger partial charge on any atom is -0.378 e. The lowest BCUT2D eigenvalue weighted by molar-refractivity contribution is -0.117. The van der Waals surface area contributed by atoms with E-state index < -0.39 is 43.8 Å². The quantitative estimate of drug-likeness (QED) is 0.414. The van der Waals surface area contributed by atoms with E-state index in [0.29, 0.717) is 42.9 Å². The van der Waals surface area contributed by atoms with Gasteiger partial charge < -0.3 is 20.3 Å². The molecule has 6 rings (SSSR count). The van der Waals surface area contributed by atoms with E-state index in [0.717, 1.165) is 0 Å². The van der Waals surface area contributed by atoms with Crippen LogP contribution in [-0.4, -0.2) is 68.5 Å². The van der Waals surface area contributed by atoms with Crippen LogP contribution in [0, 0.1) is 17.7 Å². The molecular formula is C24H26FN9O2. The van der Waals surface area contributed by atoms with Crippen molar-refractivity contribution < 1.29 is 22.1 Å². The molecule has 1 aliphatic carbocycles.